The van der Waals surface area contributed by atoms with Gasteiger partial charge < -0.3 is 10.0 Å². The molecule has 0 saturated carbocycles. The van der Waals surface area contributed by atoms with Crippen LogP contribution >= 0.6 is 0 Å². The predicted molar refractivity (Wildman–Crippen MR) is 57.3 cm³/mol. The van der Waals surface area contributed by atoms with Crippen LogP contribution in [-0.4, -0.2) is 55.7 Å². The molecule has 0 fully saturated rings. The lowest BCUT2D eigenvalue weighted by atomic mass is 10.1. The Hall–Kier alpha value is -1.15. The maximum absolute atomic E-state index is 11.7. The van der Waals surface area contributed by atoms with E-state index >= 15 is 0 Å². The van der Waals surface area contributed by atoms with Crippen LogP contribution in [0.1, 0.15) is 13.8 Å². The molecule has 94 valence electrons. The molecule has 0 aromatic heterocycles. The van der Waals surface area contributed by atoms with Crippen molar-refractivity contribution in [1.29, 1.82) is 0 Å². The summed E-state index contributed by atoms with van der Waals surface area (Å²) < 4.78 is 24.1. The Balaban J connectivity index is 4.76. The number of hydrogen-bond acceptors (Lipinski definition) is 4. The fourth-order valence-electron chi connectivity index (χ4n) is 1.26. The zero-order chi connectivity index (χ0) is 13.1. The molecule has 0 aliphatic rings. The Bertz CT molecular complexity index is 387. The van der Waals surface area contributed by atoms with Crippen LogP contribution in [0.4, 0.5) is 0 Å². The van der Waals surface area contributed by atoms with E-state index in [0.29, 0.717) is 0 Å². The third-order valence-electron chi connectivity index (χ3n) is 1.69. The first-order valence-corrected chi connectivity index (χ1v) is 6.31. The summed E-state index contributed by atoms with van der Waals surface area (Å²) in [6.07, 6.45) is 0.930. The van der Waals surface area contributed by atoms with Crippen molar-refractivity contribution >= 4 is 21.9 Å². The van der Waals surface area contributed by atoms with Crippen LogP contribution in [0.3, 0.4) is 0 Å². The van der Waals surface area contributed by atoms with E-state index in [9.17, 15) is 18.0 Å². The molecular weight excluding hydrogens is 236 g/mol. The highest BCUT2D eigenvalue weighted by Gasteiger charge is 2.33. The highest BCUT2D eigenvalue weighted by Crippen LogP contribution is 2.08. The molecule has 0 bridgehead atoms. The first-order chi connectivity index (χ1) is 6.96. The van der Waals surface area contributed by atoms with Gasteiger partial charge in [0, 0.05) is 7.05 Å². The maximum atomic E-state index is 11.7. The van der Waals surface area contributed by atoms with E-state index in [2.05, 4.69) is 4.72 Å². The Morgan fingerprint density at radius 3 is 2.12 bits per heavy atom. The third-order valence-corrected chi connectivity index (χ3v) is 2.58. The maximum Gasteiger partial charge on any atom is 0.323 e. The van der Waals surface area contributed by atoms with Crippen LogP contribution in [0, 0.1) is 0 Å². The number of hydrogen-bond donors (Lipinski definition) is 2. The molecule has 0 aliphatic carbocycles. The number of likely N-dealkylation sites (N-methyl/N-ethyl adjacent to an activating group) is 1. The van der Waals surface area contributed by atoms with Gasteiger partial charge in [0.25, 0.3) is 0 Å². The average molecular weight is 252 g/mol. The second kappa shape index (κ2) is 4.79. The number of carboxylic acid groups (broad SMARTS) is 1. The lowest BCUT2D eigenvalue weighted by Gasteiger charge is -2.28. The highest BCUT2D eigenvalue weighted by molar-refractivity contribution is 7.88. The number of aliphatic carboxylic acids is 1. The minimum absolute atomic E-state index is 0.478. The SMILES string of the molecule is CN(CC(=O)O)C(=O)C(C)(C)NS(C)(=O)=O. The van der Waals surface area contributed by atoms with Gasteiger partial charge in [0.1, 0.15) is 12.1 Å². The normalized spacial score (nSPS) is 12.2. The topological polar surface area (TPSA) is 104 Å². The van der Waals surface area contributed by atoms with Crippen LogP contribution in [0.5, 0.6) is 0 Å². The van der Waals surface area contributed by atoms with Gasteiger partial charge in [-0.05, 0) is 13.8 Å². The van der Waals surface area contributed by atoms with Crippen molar-refractivity contribution in [3.8, 4) is 0 Å². The molecule has 0 rings (SSSR count). The van der Waals surface area contributed by atoms with Crippen LogP contribution in [0.2, 0.25) is 0 Å². The number of sulfonamides is 1. The highest BCUT2D eigenvalue weighted by atomic mass is 32.2. The van der Waals surface area contributed by atoms with Crippen LogP contribution in [-0.2, 0) is 19.6 Å². The summed E-state index contributed by atoms with van der Waals surface area (Å²) in [6.45, 7) is 2.26. The average Bonchev–Trinajstić information content (AvgIpc) is 1.96. The number of rotatable bonds is 5. The third kappa shape index (κ3) is 5.08. The predicted octanol–water partition coefficient (Wildman–Crippen LogP) is -1.14. The van der Waals surface area contributed by atoms with Gasteiger partial charge in [-0.1, -0.05) is 0 Å². The van der Waals surface area contributed by atoms with Crippen LogP contribution in [0.25, 0.3) is 0 Å². The summed E-state index contributed by atoms with van der Waals surface area (Å²) in [5.41, 5.74) is -1.36. The monoisotopic (exact) mass is 252 g/mol. The van der Waals surface area contributed by atoms with E-state index in [1.807, 2.05) is 0 Å². The Kier molecular flexibility index (Phi) is 4.45. The molecule has 16 heavy (non-hydrogen) atoms. The van der Waals surface area contributed by atoms with Crippen molar-refractivity contribution in [3.05, 3.63) is 0 Å². The van der Waals surface area contributed by atoms with Crippen molar-refractivity contribution < 1.29 is 23.1 Å². The van der Waals surface area contributed by atoms with Gasteiger partial charge in [0.15, 0.2) is 0 Å². The molecule has 0 aromatic rings. The fraction of sp³-hybridized carbons (Fsp3) is 0.750. The zero-order valence-corrected chi connectivity index (χ0v) is 10.5. The van der Waals surface area contributed by atoms with Crippen molar-refractivity contribution in [2.75, 3.05) is 19.8 Å². The summed E-state index contributed by atoms with van der Waals surface area (Å²) in [5, 5.41) is 8.50. The molecule has 1 amide bonds. The molecular formula is C8H16N2O5S. The minimum atomic E-state index is -3.53. The number of amides is 1. The number of nitrogens with zero attached hydrogens (tertiary/aromatic N) is 1. The largest absolute Gasteiger partial charge is 0.480 e. The van der Waals surface area contributed by atoms with Gasteiger partial charge >= 0.3 is 5.97 Å². The van der Waals surface area contributed by atoms with Crippen LogP contribution in [0.15, 0.2) is 0 Å². The lowest BCUT2D eigenvalue weighted by Crippen LogP contribution is -2.55. The van der Waals surface area contributed by atoms with E-state index in [4.69, 9.17) is 5.11 Å². The van der Waals surface area contributed by atoms with Gasteiger partial charge in [-0.25, -0.2) is 13.1 Å². The molecule has 0 atom stereocenters. The van der Waals surface area contributed by atoms with Gasteiger partial charge in [0.05, 0.1) is 6.26 Å². The van der Waals surface area contributed by atoms with E-state index in [1.54, 1.807) is 0 Å². The number of carbonyl (C=O) groups is 2. The molecule has 7 nitrogen and oxygen atoms in total. The van der Waals surface area contributed by atoms with Gasteiger partial charge in [0.2, 0.25) is 15.9 Å². The van der Waals surface area contributed by atoms with E-state index < -0.39 is 34.0 Å². The Labute approximate surface area is 94.5 Å². The lowest BCUT2D eigenvalue weighted by molar-refractivity contribution is -0.145. The smallest absolute Gasteiger partial charge is 0.323 e. The van der Waals surface area contributed by atoms with Crippen molar-refractivity contribution in [2.45, 2.75) is 19.4 Å². The molecule has 0 aliphatic heterocycles. The minimum Gasteiger partial charge on any atom is -0.480 e. The number of nitrogens with one attached hydrogen (secondary N) is 1. The molecule has 0 unspecified atom stereocenters. The van der Waals surface area contributed by atoms with Gasteiger partial charge in [-0.3, -0.25) is 9.59 Å². The first kappa shape index (κ1) is 14.8. The molecule has 0 radical (unpaired) electrons. The van der Waals surface area contributed by atoms with Crippen molar-refractivity contribution in [3.63, 3.8) is 0 Å². The summed E-state index contributed by atoms with van der Waals surface area (Å²) in [4.78, 5) is 23.1. The Morgan fingerprint density at radius 1 is 1.38 bits per heavy atom. The summed E-state index contributed by atoms with van der Waals surface area (Å²) in [7, 11) is -2.24. The van der Waals surface area contributed by atoms with Gasteiger partial charge in [-0.15, -0.1) is 0 Å². The van der Waals surface area contributed by atoms with E-state index in [-0.39, 0.29) is 0 Å². The second-order valence-electron chi connectivity index (χ2n) is 4.05. The second-order valence-corrected chi connectivity index (χ2v) is 5.80. The summed E-state index contributed by atoms with van der Waals surface area (Å²) >= 11 is 0. The van der Waals surface area contributed by atoms with E-state index in [0.717, 1.165) is 11.2 Å². The summed E-state index contributed by atoms with van der Waals surface area (Å²) in [5.74, 6) is -1.77. The van der Waals surface area contributed by atoms with Crippen molar-refractivity contribution in [2.24, 2.45) is 0 Å². The van der Waals surface area contributed by atoms with E-state index in [1.165, 1.54) is 20.9 Å². The Morgan fingerprint density at radius 2 is 1.81 bits per heavy atom. The molecule has 0 aromatic carbocycles. The van der Waals surface area contributed by atoms with Crippen LogP contribution < -0.4 is 4.72 Å². The fourth-order valence-corrected chi connectivity index (χ4v) is 2.27. The molecule has 8 heteroatoms. The molecule has 0 saturated heterocycles. The molecule has 0 heterocycles. The number of carboxylic acids is 1. The van der Waals surface area contributed by atoms with Gasteiger partial charge in [-0.2, -0.15) is 0 Å². The molecule has 0 spiro atoms. The summed E-state index contributed by atoms with van der Waals surface area (Å²) in [6, 6.07) is 0. The zero-order valence-electron chi connectivity index (χ0n) is 9.64. The quantitative estimate of drug-likeness (QED) is 0.643. The van der Waals surface area contributed by atoms with Crippen molar-refractivity contribution in [1.82, 2.24) is 9.62 Å². The first-order valence-electron chi connectivity index (χ1n) is 4.42. The number of carbonyl (C=O) groups excluding carboxylic acids is 1. The standard InChI is InChI=1S/C8H16N2O5S/c1-8(2,9-16(4,14)15)7(13)10(3)5-6(11)12/h9H,5H2,1-4H3,(H,11,12). The molecule has 2 N–H and O–H groups in total.